The molecule has 0 bridgehead atoms. The van der Waals surface area contributed by atoms with E-state index in [0.29, 0.717) is 15.9 Å². The Labute approximate surface area is 79.6 Å². The lowest BCUT2D eigenvalue weighted by molar-refractivity contribution is 1.46. The Morgan fingerprint density at radius 1 is 1.08 bits per heavy atom. The monoisotopic (exact) mass is 198 g/mol. The van der Waals surface area contributed by atoms with Crippen molar-refractivity contribution in [3.05, 3.63) is 33.8 Å². The van der Waals surface area contributed by atoms with Crippen molar-refractivity contribution in [2.45, 2.75) is 0 Å². The van der Waals surface area contributed by atoms with Crippen LogP contribution in [0.4, 0.5) is 0 Å². The number of rotatable bonds is 1. The molecule has 0 fully saturated rings. The molecule has 0 amide bonds. The Morgan fingerprint density at radius 3 is 2.33 bits per heavy atom. The molecule has 4 heteroatoms. The van der Waals surface area contributed by atoms with Gasteiger partial charge in [0.2, 0.25) is 0 Å². The van der Waals surface area contributed by atoms with Gasteiger partial charge in [0, 0.05) is 5.56 Å². The fraction of sp³-hybridized carbons (Fsp3) is 0. The van der Waals surface area contributed by atoms with Gasteiger partial charge < -0.3 is 0 Å². The molecule has 1 aromatic rings. The van der Waals surface area contributed by atoms with Gasteiger partial charge in [0.25, 0.3) is 0 Å². The van der Waals surface area contributed by atoms with E-state index < -0.39 is 0 Å². The van der Waals surface area contributed by atoms with Crippen molar-refractivity contribution in [3.8, 4) is 0 Å². The highest BCUT2D eigenvalue weighted by Gasteiger charge is 2.07. The van der Waals surface area contributed by atoms with E-state index in [-0.39, 0.29) is 0 Å². The molecule has 1 aliphatic heterocycles. The Morgan fingerprint density at radius 2 is 1.83 bits per heavy atom. The standard InChI is InChI=1S/C8H4Cl2N2/c9-6-2-1-5(3-7(6)10)8-11-4-12-8/h1-4H. The van der Waals surface area contributed by atoms with E-state index in [4.69, 9.17) is 23.2 Å². The Balaban J connectivity index is 2.41. The van der Waals surface area contributed by atoms with E-state index in [2.05, 4.69) is 9.98 Å². The van der Waals surface area contributed by atoms with Crippen LogP contribution in [0.15, 0.2) is 28.2 Å². The third-order valence-electron chi connectivity index (χ3n) is 1.54. The summed E-state index contributed by atoms with van der Waals surface area (Å²) in [5.74, 6) is 0.702. The van der Waals surface area contributed by atoms with Gasteiger partial charge in [-0.1, -0.05) is 23.2 Å². The van der Waals surface area contributed by atoms with Gasteiger partial charge in [0.1, 0.15) is 6.34 Å². The number of benzene rings is 1. The summed E-state index contributed by atoms with van der Waals surface area (Å²) in [6.45, 7) is 0. The number of halogens is 2. The lowest BCUT2D eigenvalue weighted by Crippen LogP contribution is -2.04. The summed E-state index contributed by atoms with van der Waals surface area (Å²) >= 11 is 11.5. The largest absolute Gasteiger partial charge is 0.217 e. The summed E-state index contributed by atoms with van der Waals surface area (Å²) in [6.07, 6.45) is 1.50. The minimum atomic E-state index is 0.527. The van der Waals surface area contributed by atoms with Crippen LogP contribution in [-0.4, -0.2) is 12.2 Å². The van der Waals surface area contributed by atoms with Gasteiger partial charge in [0.05, 0.1) is 10.0 Å². The minimum Gasteiger partial charge on any atom is -0.217 e. The zero-order chi connectivity index (χ0) is 8.55. The third-order valence-corrected chi connectivity index (χ3v) is 2.28. The van der Waals surface area contributed by atoms with Crippen LogP contribution in [-0.2, 0) is 0 Å². The fourth-order valence-corrected chi connectivity index (χ4v) is 1.20. The van der Waals surface area contributed by atoms with Gasteiger partial charge in [-0.2, -0.15) is 0 Å². The molecule has 2 rings (SSSR count). The molecule has 60 valence electrons. The molecule has 1 aromatic carbocycles. The first-order chi connectivity index (χ1) is 5.77. The smallest absolute Gasteiger partial charge is 0.162 e. The van der Waals surface area contributed by atoms with Crippen molar-refractivity contribution in [1.82, 2.24) is 0 Å². The SMILES string of the molecule is Clc1ccc(C2=NC=N2)cc1Cl. The first-order valence-corrected chi connectivity index (χ1v) is 4.09. The maximum atomic E-state index is 5.80. The van der Waals surface area contributed by atoms with Gasteiger partial charge in [-0.25, -0.2) is 9.98 Å². The van der Waals surface area contributed by atoms with E-state index in [0.717, 1.165) is 5.56 Å². The maximum Gasteiger partial charge on any atom is 0.162 e. The number of aliphatic imine (C=N–C) groups is 2. The van der Waals surface area contributed by atoms with E-state index in [1.54, 1.807) is 12.1 Å². The average molecular weight is 199 g/mol. The van der Waals surface area contributed by atoms with Crippen LogP contribution in [0.2, 0.25) is 10.0 Å². The summed E-state index contributed by atoms with van der Waals surface area (Å²) in [7, 11) is 0. The Kier molecular flexibility index (Phi) is 1.87. The molecule has 0 atom stereocenters. The summed E-state index contributed by atoms with van der Waals surface area (Å²) < 4.78 is 0. The van der Waals surface area contributed by atoms with Crippen LogP contribution >= 0.6 is 23.2 Å². The van der Waals surface area contributed by atoms with Gasteiger partial charge in [-0.3, -0.25) is 0 Å². The van der Waals surface area contributed by atoms with Gasteiger partial charge in [-0.15, -0.1) is 0 Å². The van der Waals surface area contributed by atoms with E-state index in [1.807, 2.05) is 6.07 Å². The summed E-state index contributed by atoms with van der Waals surface area (Å²) in [6, 6.07) is 5.32. The second kappa shape index (κ2) is 2.88. The van der Waals surface area contributed by atoms with Crippen LogP contribution in [0.5, 0.6) is 0 Å². The van der Waals surface area contributed by atoms with E-state index >= 15 is 0 Å². The van der Waals surface area contributed by atoms with Gasteiger partial charge in [0.15, 0.2) is 5.84 Å². The highest BCUT2D eigenvalue weighted by atomic mass is 35.5. The van der Waals surface area contributed by atoms with Crippen molar-refractivity contribution in [2.24, 2.45) is 9.98 Å². The van der Waals surface area contributed by atoms with Crippen LogP contribution in [0.25, 0.3) is 0 Å². The molecule has 0 radical (unpaired) electrons. The number of nitrogens with zero attached hydrogens (tertiary/aromatic N) is 2. The topological polar surface area (TPSA) is 24.7 Å². The number of hydrogen-bond acceptors (Lipinski definition) is 2. The second-order valence-electron chi connectivity index (χ2n) is 2.33. The minimum absolute atomic E-state index is 0.527. The average Bonchev–Trinajstić information content (AvgIpc) is 1.93. The number of amidine groups is 1. The molecule has 0 unspecified atom stereocenters. The molecule has 0 N–H and O–H groups in total. The predicted octanol–water partition coefficient (Wildman–Crippen LogP) is 2.78. The van der Waals surface area contributed by atoms with Gasteiger partial charge >= 0.3 is 0 Å². The maximum absolute atomic E-state index is 5.80. The van der Waals surface area contributed by atoms with Crippen molar-refractivity contribution in [1.29, 1.82) is 0 Å². The van der Waals surface area contributed by atoms with Crippen LogP contribution in [0, 0.1) is 0 Å². The van der Waals surface area contributed by atoms with Crippen molar-refractivity contribution in [3.63, 3.8) is 0 Å². The van der Waals surface area contributed by atoms with Crippen molar-refractivity contribution in [2.75, 3.05) is 0 Å². The summed E-state index contributed by atoms with van der Waals surface area (Å²) in [5.41, 5.74) is 0.895. The van der Waals surface area contributed by atoms with Crippen LogP contribution in [0.3, 0.4) is 0 Å². The van der Waals surface area contributed by atoms with Crippen LogP contribution in [0.1, 0.15) is 5.56 Å². The molecule has 12 heavy (non-hydrogen) atoms. The zero-order valence-corrected chi connectivity index (χ0v) is 7.47. The summed E-state index contributed by atoms with van der Waals surface area (Å²) in [4.78, 5) is 7.87. The Bertz CT molecular complexity index is 383. The second-order valence-corrected chi connectivity index (χ2v) is 3.14. The first kappa shape index (κ1) is 7.77. The highest BCUT2D eigenvalue weighted by Crippen LogP contribution is 2.23. The molecule has 1 aliphatic rings. The quantitative estimate of drug-likeness (QED) is 0.664. The van der Waals surface area contributed by atoms with Crippen molar-refractivity contribution < 1.29 is 0 Å². The molecule has 0 saturated carbocycles. The molecule has 2 nitrogen and oxygen atoms in total. The lowest BCUT2D eigenvalue weighted by Gasteiger charge is -2.05. The van der Waals surface area contributed by atoms with E-state index in [1.165, 1.54) is 6.34 Å². The lowest BCUT2D eigenvalue weighted by atomic mass is 10.2. The van der Waals surface area contributed by atoms with Crippen LogP contribution < -0.4 is 0 Å². The molecular formula is C8H4Cl2N2. The fourth-order valence-electron chi connectivity index (χ4n) is 0.900. The third kappa shape index (κ3) is 1.24. The van der Waals surface area contributed by atoms with Gasteiger partial charge in [-0.05, 0) is 18.2 Å². The molecule has 0 aliphatic carbocycles. The van der Waals surface area contributed by atoms with E-state index in [9.17, 15) is 0 Å². The normalized spacial score (nSPS) is 14.0. The molecule has 0 aromatic heterocycles. The first-order valence-electron chi connectivity index (χ1n) is 3.33. The highest BCUT2D eigenvalue weighted by molar-refractivity contribution is 6.42. The molecular weight excluding hydrogens is 195 g/mol. The molecule has 0 spiro atoms. The molecule has 0 saturated heterocycles. The Hall–Kier alpha value is -0.860. The predicted molar refractivity (Wildman–Crippen MR) is 51.5 cm³/mol. The zero-order valence-electron chi connectivity index (χ0n) is 5.96. The summed E-state index contributed by atoms with van der Waals surface area (Å²) in [5, 5.41) is 1.07. The number of hydrogen-bond donors (Lipinski definition) is 0. The van der Waals surface area contributed by atoms with Crippen molar-refractivity contribution >= 4 is 35.4 Å². The molecule has 1 heterocycles.